The van der Waals surface area contributed by atoms with Crippen molar-refractivity contribution in [3.8, 4) is 62.5 Å². The van der Waals surface area contributed by atoms with Gasteiger partial charge < -0.3 is 14.2 Å². The van der Waals surface area contributed by atoms with Gasteiger partial charge in [0.2, 0.25) is 0 Å². The lowest BCUT2D eigenvalue weighted by Gasteiger charge is -2.33. The highest BCUT2D eigenvalue weighted by Crippen LogP contribution is 2.52. The molecule has 0 unspecified atom stereocenters. The maximum Gasteiger partial charge on any atom is 0.164 e. The van der Waals surface area contributed by atoms with Crippen LogP contribution in [0.4, 0.5) is 17.1 Å². The summed E-state index contributed by atoms with van der Waals surface area (Å²) in [6, 6.07) is 73.9. The van der Waals surface area contributed by atoms with Crippen LogP contribution in [0.5, 0.6) is 11.5 Å². The molecule has 2 aromatic heterocycles. The van der Waals surface area contributed by atoms with E-state index in [4.69, 9.17) is 19.7 Å². The van der Waals surface area contributed by atoms with Crippen LogP contribution in [-0.2, 0) is 0 Å². The molecule has 0 atom stereocenters. The van der Waals surface area contributed by atoms with Crippen LogP contribution in [0.1, 0.15) is 0 Å². The van der Waals surface area contributed by atoms with Gasteiger partial charge in [-0.2, -0.15) is 0 Å². The quantitative estimate of drug-likeness (QED) is 0.168. The SMILES string of the molecule is c1ccc(-c2nc(-c3ccccc3)nc(-c3cccc(-n4c5cccc(-c6ccc7c(c6)Oc6ccccc6N7c6ccccc6)c5c5c6ccccc6ccc54)c3)n2)cc1. The predicted octanol–water partition coefficient (Wildman–Crippen LogP) is 14.4. The van der Waals surface area contributed by atoms with Gasteiger partial charge in [0.05, 0.1) is 22.4 Å². The smallest absolute Gasteiger partial charge is 0.164 e. The third-order valence-electron chi connectivity index (χ3n) is 11.6. The van der Waals surface area contributed by atoms with Gasteiger partial charge in [-0.15, -0.1) is 0 Å². The number of benzene rings is 9. The largest absolute Gasteiger partial charge is 0.453 e. The summed E-state index contributed by atoms with van der Waals surface area (Å²) >= 11 is 0. The first-order chi connectivity index (χ1) is 30.2. The number of ether oxygens (including phenoxy) is 1. The van der Waals surface area contributed by atoms with Gasteiger partial charge in [-0.25, -0.2) is 15.0 Å². The van der Waals surface area contributed by atoms with Crippen molar-refractivity contribution >= 4 is 49.6 Å². The number of aromatic nitrogens is 4. The monoisotopic (exact) mass is 781 g/mol. The van der Waals surface area contributed by atoms with Gasteiger partial charge in [0.15, 0.2) is 29.0 Å². The van der Waals surface area contributed by atoms with Gasteiger partial charge in [-0.05, 0) is 82.6 Å². The second kappa shape index (κ2) is 14.2. The summed E-state index contributed by atoms with van der Waals surface area (Å²) in [6.07, 6.45) is 0. The molecule has 0 N–H and O–H groups in total. The molecular formula is C55H35N5O. The minimum absolute atomic E-state index is 0.613. The summed E-state index contributed by atoms with van der Waals surface area (Å²) in [7, 11) is 0. The Kier molecular flexibility index (Phi) is 8.06. The Balaban J connectivity index is 1.06. The Labute approximate surface area is 352 Å². The van der Waals surface area contributed by atoms with Crippen LogP contribution >= 0.6 is 0 Å². The van der Waals surface area contributed by atoms with E-state index in [0.29, 0.717) is 17.5 Å². The van der Waals surface area contributed by atoms with E-state index in [1.54, 1.807) is 0 Å². The number of hydrogen-bond donors (Lipinski definition) is 0. The van der Waals surface area contributed by atoms with Gasteiger partial charge in [-0.3, -0.25) is 0 Å². The number of nitrogens with zero attached hydrogens (tertiary/aromatic N) is 5. The maximum atomic E-state index is 6.70. The van der Waals surface area contributed by atoms with Crippen LogP contribution in [0.25, 0.3) is 83.6 Å². The molecule has 0 bridgehead atoms. The fourth-order valence-electron chi connectivity index (χ4n) is 8.85. The molecule has 11 aromatic rings. The van der Waals surface area contributed by atoms with E-state index < -0.39 is 0 Å². The van der Waals surface area contributed by atoms with Crippen LogP contribution in [0, 0.1) is 0 Å². The molecule has 0 amide bonds. The van der Waals surface area contributed by atoms with Crippen molar-refractivity contribution in [1.82, 2.24) is 19.5 Å². The Morgan fingerprint density at radius 2 is 0.951 bits per heavy atom. The summed E-state index contributed by atoms with van der Waals surface area (Å²) in [5, 5.41) is 4.76. The highest BCUT2D eigenvalue weighted by molar-refractivity contribution is 6.25. The molecule has 6 heteroatoms. The highest BCUT2D eigenvalue weighted by atomic mass is 16.5. The summed E-state index contributed by atoms with van der Waals surface area (Å²) in [5.74, 6) is 3.50. The lowest BCUT2D eigenvalue weighted by atomic mass is 9.96. The molecule has 1 aliphatic heterocycles. The molecule has 0 fully saturated rings. The molecule has 6 nitrogen and oxygen atoms in total. The maximum absolute atomic E-state index is 6.70. The zero-order valence-electron chi connectivity index (χ0n) is 32.9. The highest BCUT2D eigenvalue weighted by Gasteiger charge is 2.27. The van der Waals surface area contributed by atoms with Gasteiger partial charge in [0, 0.05) is 38.8 Å². The second-order valence-electron chi connectivity index (χ2n) is 15.2. The van der Waals surface area contributed by atoms with Crippen LogP contribution in [0.15, 0.2) is 212 Å². The van der Waals surface area contributed by atoms with Crippen molar-refractivity contribution in [3.63, 3.8) is 0 Å². The summed E-state index contributed by atoms with van der Waals surface area (Å²) < 4.78 is 9.08. The van der Waals surface area contributed by atoms with Crippen LogP contribution < -0.4 is 9.64 Å². The average molecular weight is 782 g/mol. The van der Waals surface area contributed by atoms with E-state index in [0.717, 1.165) is 73.1 Å². The fourth-order valence-corrected chi connectivity index (χ4v) is 8.85. The first kappa shape index (κ1) is 34.7. The van der Waals surface area contributed by atoms with Gasteiger partial charge in [0.25, 0.3) is 0 Å². The van der Waals surface area contributed by atoms with Crippen molar-refractivity contribution in [2.75, 3.05) is 4.90 Å². The van der Waals surface area contributed by atoms with E-state index in [9.17, 15) is 0 Å². The molecule has 0 spiro atoms. The Morgan fingerprint density at radius 1 is 0.361 bits per heavy atom. The number of hydrogen-bond acceptors (Lipinski definition) is 5. The lowest BCUT2D eigenvalue weighted by Crippen LogP contribution is -2.15. The molecular weight excluding hydrogens is 747 g/mol. The molecule has 3 heterocycles. The normalized spacial score (nSPS) is 12.0. The van der Waals surface area contributed by atoms with Gasteiger partial charge in [-0.1, -0.05) is 152 Å². The summed E-state index contributed by atoms with van der Waals surface area (Å²) in [5.41, 5.74) is 11.3. The fraction of sp³-hybridized carbons (Fsp3) is 0. The van der Waals surface area contributed by atoms with Crippen molar-refractivity contribution < 1.29 is 4.74 Å². The van der Waals surface area contributed by atoms with E-state index >= 15 is 0 Å². The zero-order valence-corrected chi connectivity index (χ0v) is 32.9. The van der Waals surface area contributed by atoms with E-state index in [1.165, 1.54) is 21.5 Å². The molecule has 286 valence electrons. The van der Waals surface area contributed by atoms with Crippen molar-refractivity contribution in [3.05, 3.63) is 212 Å². The molecule has 0 aliphatic carbocycles. The van der Waals surface area contributed by atoms with E-state index in [1.807, 2.05) is 78.9 Å². The summed E-state index contributed by atoms with van der Waals surface area (Å²) in [6.45, 7) is 0. The standard InChI is InChI=1S/C55H35N5O/c1-4-17-37(18-5-1)53-56-54(38-19-6-2-7-20-38)58-55(57-53)40-21-14-24-42(34-40)60-47-28-15-26-44(52(47)51-43-25-11-10-16-36(43)30-33-48(51)60)39-31-32-46-50(35-39)61-49-29-13-12-27-45(49)59(46)41-22-8-3-9-23-41/h1-35H. The Morgan fingerprint density at radius 3 is 1.72 bits per heavy atom. The minimum atomic E-state index is 0.613. The van der Waals surface area contributed by atoms with Crippen molar-refractivity contribution in [2.45, 2.75) is 0 Å². The number of para-hydroxylation sites is 3. The third kappa shape index (κ3) is 5.84. The lowest BCUT2D eigenvalue weighted by molar-refractivity contribution is 0.477. The number of rotatable bonds is 6. The molecule has 1 aliphatic rings. The van der Waals surface area contributed by atoms with Gasteiger partial charge in [0.1, 0.15) is 0 Å². The first-order valence-electron chi connectivity index (χ1n) is 20.4. The molecule has 12 rings (SSSR count). The van der Waals surface area contributed by atoms with Crippen molar-refractivity contribution in [1.29, 1.82) is 0 Å². The van der Waals surface area contributed by atoms with E-state index in [-0.39, 0.29) is 0 Å². The predicted molar refractivity (Wildman–Crippen MR) is 248 cm³/mol. The van der Waals surface area contributed by atoms with Crippen molar-refractivity contribution in [2.24, 2.45) is 0 Å². The topological polar surface area (TPSA) is 56.1 Å². The molecule has 9 aromatic carbocycles. The second-order valence-corrected chi connectivity index (χ2v) is 15.2. The van der Waals surface area contributed by atoms with Crippen LogP contribution in [0.3, 0.4) is 0 Å². The number of anilines is 3. The summed E-state index contributed by atoms with van der Waals surface area (Å²) in [4.78, 5) is 17.4. The first-order valence-corrected chi connectivity index (χ1v) is 20.4. The Hall–Kier alpha value is -8.35. The molecule has 0 radical (unpaired) electrons. The minimum Gasteiger partial charge on any atom is -0.453 e. The van der Waals surface area contributed by atoms with Gasteiger partial charge >= 0.3 is 0 Å². The zero-order chi connectivity index (χ0) is 40.3. The molecule has 0 saturated carbocycles. The van der Waals surface area contributed by atoms with E-state index in [2.05, 4.69) is 143 Å². The Bertz CT molecular complexity index is 3400. The molecule has 0 saturated heterocycles. The van der Waals surface area contributed by atoms with Crippen LogP contribution in [-0.4, -0.2) is 19.5 Å². The number of fused-ring (bicyclic) bond motifs is 7. The average Bonchev–Trinajstić information content (AvgIpc) is 3.69. The third-order valence-corrected chi connectivity index (χ3v) is 11.6. The molecule has 61 heavy (non-hydrogen) atoms. The van der Waals surface area contributed by atoms with Crippen LogP contribution in [0.2, 0.25) is 0 Å².